The van der Waals surface area contributed by atoms with Gasteiger partial charge in [-0.25, -0.2) is 4.39 Å². The van der Waals surface area contributed by atoms with Gasteiger partial charge in [0.25, 0.3) is 5.91 Å². The van der Waals surface area contributed by atoms with E-state index in [1.807, 2.05) is 35.0 Å². The number of hydrogen-bond donors (Lipinski definition) is 1. The molecule has 5 nitrogen and oxygen atoms in total. The maximum atomic E-state index is 13.4. The van der Waals surface area contributed by atoms with Crippen molar-refractivity contribution >= 4 is 16.8 Å². The van der Waals surface area contributed by atoms with Crippen LogP contribution in [0.5, 0.6) is 0 Å². The second-order valence-corrected chi connectivity index (χ2v) is 7.39. The topological polar surface area (TPSA) is 53.9 Å². The second kappa shape index (κ2) is 7.18. The van der Waals surface area contributed by atoms with Gasteiger partial charge in [0.15, 0.2) is 0 Å². The number of hydrogen-bond acceptors (Lipinski definition) is 2. The number of carbonyl (C=O) groups excluding carboxylic acids is 1. The molecule has 1 N–H and O–H groups in total. The van der Waals surface area contributed by atoms with Gasteiger partial charge in [0.2, 0.25) is 0 Å². The number of aromatic amines is 1. The van der Waals surface area contributed by atoms with Gasteiger partial charge in [0, 0.05) is 42.9 Å². The van der Waals surface area contributed by atoms with Crippen LogP contribution in [0.15, 0.2) is 30.6 Å². The number of rotatable bonds is 4. The predicted octanol–water partition coefficient (Wildman–Crippen LogP) is 4.24. The molecule has 1 aromatic carbocycles. The highest BCUT2D eigenvalue weighted by atomic mass is 19.1. The van der Waals surface area contributed by atoms with E-state index in [1.54, 1.807) is 0 Å². The van der Waals surface area contributed by atoms with Gasteiger partial charge >= 0.3 is 0 Å². The van der Waals surface area contributed by atoms with E-state index in [0.29, 0.717) is 11.5 Å². The molecule has 1 saturated heterocycles. The van der Waals surface area contributed by atoms with Gasteiger partial charge in [-0.1, -0.05) is 6.92 Å². The number of nitrogens with zero attached hydrogens (tertiary/aromatic N) is 3. The number of nitrogens with one attached hydrogen (secondary N) is 1. The third-order valence-corrected chi connectivity index (χ3v) is 5.53. The van der Waals surface area contributed by atoms with Crippen LogP contribution in [0, 0.1) is 12.7 Å². The number of piperidine rings is 1. The Bertz CT molecular complexity index is 966. The summed E-state index contributed by atoms with van der Waals surface area (Å²) in [5.41, 5.74) is 3.57. The van der Waals surface area contributed by atoms with E-state index in [4.69, 9.17) is 0 Å². The Morgan fingerprint density at radius 2 is 2.11 bits per heavy atom. The van der Waals surface area contributed by atoms with Crippen molar-refractivity contribution in [3.63, 3.8) is 0 Å². The van der Waals surface area contributed by atoms with Gasteiger partial charge in [-0.3, -0.25) is 9.48 Å². The predicted molar refractivity (Wildman–Crippen MR) is 103 cm³/mol. The smallest absolute Gasteiger partial charge is 0.257 e. The van der Waals surface area contributed by atoms with E-state index in [1.165, 1.54) is 17.7 Å². The molecule has 0 aliphatic carbocycles. The fraction of sp³-hybridized carbons (Fsp3) is 0.429. The summed E-state index contributed by atoms with van der Waals surface area (Å²) in [5, 5.41) is 5.53. The Morgan fingerprint density at radius 3 is 2.85 bits per heavy atom. The van der Waals surface area contributed by atoms with E-state index < -0.39 is 0 Å². The first-order valence-corrected chi connectivity index (χ1v) is 9.66. The Balaban J connectivity index is 1.46. The van der Waals surface area contributed by atoms with Crippen molar-refractivity contribution in [2.75, 3.05) is 13.1 Å². The fourth-order valence-corrected chi connectivity index (χ4v) is 4.09. The summed E-state index contributed by atoms with van der Waals surface area (Å²) < 4.78 is 15.3. The normalized spacial score (nSPS) is 15.6. The molecule has 3 aromatic rings. The van der Waals surface area contributed by atoms with E-state index in [-0.39, 0.29) is 11.7 Å². The molecule has 1 aliphatic heterocycles. The lowest BCUT2D eigenvalue weighted by atomic mass is 9.89. The summed E-state index contributed by atoms with van der Waals surface area (Å²) in [6, 6.07) is 4.89. The average molecular weight is 368 g/mol. The molecule has 0 unspecified atom stereocenters. The van der Waals surface area contributed by atoms with E-state index >= 15 is 0 Å². The van der Waals surface area contributed by atoms with Gasteiger partial charge in [0.05, 0.1) is 11.3 Å². The Morgan fingerprint density at radius 1 is 1.33 bits per heavy atom. The van der Waals surface area contributed by atoms with Gasteiger partial charge < -0.3 is 9.88 Å². The second-order valence-electron chi connectivity index (χ2n) is 7.39. The molecule has 4 rings (SSSR count). The molecule has 0 atom stereocenters. The molecule has 1 amide bonds. The average Bonchev–Trinajstić information content (AvgIpc) is 3.24. The molecular weight excluding hydrogens is 343 g/mol. The molecule has 2 aromatic heterocycles. The highest BCUT2D eigenvalue weighted by Gasteiger charge is 2.27. The summed E-state index contributed by atoms with van der Waals surface area (Å²) in [7, 11) is 0. The molecule has 142 valence electrons. The van der Waals surface area contributed by atoms with Gasteiger partial charge in [0.1, 0.15) is 5.82 Å². The summed E-state index contributed by atoms with van der Waals surface area (Å²) in [6.45, 7) is 6.29. The molecule has 27 heavy (non-hydrogen) atoms. The van der Waals surface area contributed by atoms with Crippen LogP contribution >= 0.6 is 0 Å². The molecule has 0 bridgehead atoms. The number of fused-ring (bicyclic) bond motifs is 1. The molecule has 6 heteroatoms. The van der Waals surface area contributed by atoms with Crippen molar-refractivity contribution in [3.8, 4) is 0 Å². The molecule has 0 spiro atoms. The van der Waals surface area contributed by atoms with Gasteiger partial charge in [-0.2, -0.15) is 5.10 Å². The zero-order valence-electron chi connectivity index (χ0n) is 15.8. The maximum Gasteiger partial charge on any atom is 0.257 e. The lowest BCUT2D eigenvalue weighted by Gasteiger charge is -2.32. The van der Waals surface area contributed by atoms with Crippen molar-refractivity contribution in [2.45, 2.75) is 45.6 Å². The number of carbonyl (C=O) groups is 1. The minimum atomic E-state index is -0.227. The van der Waals surface area contributed by atoms with Crippen LogP contribution in [0.1, 0.15) is 53.7 Å². The van der Waals surface area contributed by atoms with Crippen LogP contribution in [0.3, 0.4) is 0 Å². The SMILES string of the molecule is CCCn1cc(C(=O)N2CCC(c3c[nH]c4cc(F)ccc34)CC2)c(C)n1. The number of H-pyrrole nitrogens is 1. The Hall–Kier alpha value is -2.63. The minimum absolute atomic E-state index is 0.0781. The standard InChI is InChI=1S/C21H25FN4O/c1-3-8-26-13-19(14(2)24-26)21(27)25-9-6-15(7-10-25)18-12-23-20-11-16(22)4-5-17(18)20/h4-5,11-13,15,23H,3,6-10H2,1-2H3. The summed E-state index contributed by atoms with van der Waals surface area (Å²) >= 11 is 0. The van der Waals surface area contributed by atoms with Gasteiger partial charge in [-0.15, -0.1) is 0 Å². The Labute approximate surface area is 158 Å². The summed E-state index contributed by atoms with van der Waals surface area (Å²) in [5.74, 6) is 0.238. The van der Waals surface area contributed by atoms with E-state index in [2.05, 4.69) is 17.0 Å². The first-order chi connectivity index (χ1) is 13.1. The number of amides is 1. The molecule has 3 heterocycles. The quantitative estimate of drug-likeness (QED) is 0.749. The highest BCUT2D eigenvalue weighted by molar-refractivity contribution is 5.95. The highest BCUT2D eigenvalue weighted by Crippen LogP contribution is 2.33. The lowest BCUT2D eigenvalue weighted by Crippen LogP contribution is -2.38. The first kappa shape index (κ1) is 17.8. The molecule has 1 fully saturated rings. The molecule has 0 radical (unpaired) electrons. The van der Waals surface area contributed by atoms with Crippen LogP contribution < -0.4 is 0 Å². The van der Waals surface area contributed by atoms with Crippen molar-refractivity contribution in [1.29, 1.82) is 0 Å². The van der Waals surface area contributed by atoms with Crippen LogP contribution in [-0.2, 0) is 6.54 Å². The molecular formula is C21H25FN4O. The fourth-order valence-electron chi connectivity index (χ4n) is 4.09. The van der Waals surface area contributed by atoms with Crippen molar-refractivity contribution < 1.29 is 9.18 Å². The number of halogens is 1. The lowest BCUT2D eigenvalue weighted by molar-refractivity contribution is 0.0712. The van der Waals surface area contributed by atoms with Crippen LogP contribution in [0.25, 0.3) is 10.9 Å². The zero-order chi connectivity index (χ0) is 19.0. The van der Waals surface area contributed by atoms with Crippen molar-refractivity contribution in [3.05, 3.63) is 53.2 Å². The molecule has 0 saturated carbocycles. The first-order valence-electron chi connectivity index (χ1n) is 9.66. The third-order valence-electron chi connectivity index (χ3n) is 5.53. The number of aryl methyl sites for hydroxylation is 2. The summed E-state index contributed by atoms with van der Waals surface area (Å²) in [4.78, 5) is 18.0. The Kier molecular flexibility index (Phi) is 4.72. The van der Waals surface area contributed by atoms with Gasteiger partial charge in [-0.05, 0) is 55.9 Å². The van der Waals surface area contributed by atoms with E-state index in [9.17, 15) is 9.18 Å². The van der Waals surface area contributed by atoms with Crippen molar-refractivity contribution in [1.82, 2.24) is 19.7 Å². The van der Waals surface area contributed by atoms with Crippen LogP contribution in [0.4, 0.5) is 4.39 Å². The van der Waals surface area contributed by atoms with Crippen molar-refractivity contribution in [2.24, 2.45) is 0 Å². The number of aromatic nitrogens is 3. The summed E-state index contributed by atoms with van der Waals surface area (Å²) in [6.07, 6.45) is 6.69. The van der Waals surface area contributed by atoms with Crippen LogP contribution in [0.2, 0.25) is 0 Å². The number of likely N-dealkylation sites (tertiary alicyclic amines) is 1. The monoisotopic (exact) mass is 368 g/mol. The minimum Gasteiger partial charge on any atom is -0.361 e. The zero-order valence-corrected chi connectivity index (χ0v) is 15.8. The molecule has 1 aliphatic rings. The van der Waals surface area contributed by atoms with E-state index in [0.717, 1.165) is 55.5 Å². The number of benzene rings is 1. The maximum absolute atomic E-state index is 13.4. The van der Waals surface area contributed by atoms with Crippen LogP contribution in [-0.4, -0.2) is 38.7 Å². The third kappa shape index (κ3) is 3.36. The largest absolute Gasteiger partial charge is 0.361 e.